The number of carbonyl (C=O) groups excluding carboxylic acids is 1. The van der Waals surface area contributed by atoms with E-state index in [1.165, 1.54) is 5.56 Å². The van der Waals surface area contributed by atoms with Crippen molar-refractivity contribution >= 4 is 11.6 Å². The second kappa shape index (κ2) is 6.45. The van der Waals surface area contributed by atoms with Crippen LogP contribution in [0.15, 0.2) is 54.6 Å². The van der Waals surface area contributed by atoms with Crippen molar-refractivity contribution in [3.05, 3.63) is 65.7 Å². The van der Waals surface area contributed by atoms with Gasteiger partial charge in [0.15, 0.2) is 0 Å². The largest absolute Gasteiger partial charge is 0.399 e. The number of piperidine rings is 1. The molecule has 2 aromatic rings. The molecule has 0 bridgehead atoms. The fourth-order valence-electron chi connectivity index (χ4n) is 3.45. The molecule has 1 aliphatic heterocycles. The van der Waals surface area contributed by atoms with Gasteiger partial charge in [0.05, 0.1) is 6.42 Å². The van der Waals surface area contributed by atoms with Crippen LogP contribution in [0, 0.1) is 0 Å². The Kier molecular flexibility index (Phi) is 4.37. The number of anilines is 1. The van der Waals surface area contributed by atoms with Crippen LogP contribution >= 0.6 is 0 Å². The average Bonchev–Trinajstić information content (AvgIpc) is 2.58. The van der Waals surface area contributed by atoms with E-state index in [-0.39, 0.29) is 11.3 Å². The van der Waals surface area contributed by atoms with Crippen molar-refractivity contribution in [3.63, 3.8) is 0 Å². The number of benzene rings is 2. The molecule has 0 aliphatic carbocycles. The van der Waals surface area contributed by atoms with E-state index < -0.39 is 0 Å². The van der Waals surface area contributed by atoms with Crippen molar-refractivity contribution in [2.45, 2.75) is 31.6 Å². The van der Waals surface area contributed by atoms with Crippen LogP contribution in [0.5, 0.6) is 0 Å². The molecule has 0 spiro atoms. The van der Waals surface area contributed by atoms with Gasteiger partial charge in [-0.2, -0.15) is 0 Å². The molecule has 1 amide bonds. The number of nitrogens with two attached hydrogens (primary N) is 1. The molecule has 2 N–H and O–H groups in total. The maximum atomic E-state index is 12.7. The standard InChI is InChI=1S/C20H24N2O/c1-20(17-6-3-2-4-7-17)12-5-13-22(15-20)19(23)14-16-8-10-18(21)11-9-16/h2-4,6-11H,5,12-15,21H2,1H3. The summed E-state index contributed by atoms with van der Waals surface area (Å²) in [5.41, 5.74) is 8.84. The minimum atomic E-state index is 0.0519. The van der Waals surface area contributed by atoms with Crippen molar-refractivity contribution in [3.8, 4) is 0 Å². The van der Waals surface area contributed by atoms with Crippen molar-refractivity contribution in [1.82, 2.24) is 4.90 Å². The lowest BCUT2D eigenvalue weighted by atomic mass is 9.76. The minimum Gasteiger partial charge on any atom is -0.399 e. The first-order valence-electron chi connectivity index (χ1n) is 8.25. The number of carbonyl (C=O) groups is 1. The summed E-state index contributed by atoms with van der Waals surface area (Å²) in [7, 11) is 0. The van der Waals surface area contributed by atoms with Gasteiger partial charge in [-0.1, -0.05) is 49.4 Å². The highest BCUT2D eigenvalue weighted by atomic mass is 16.2. The summed E-state index contributed by atoms with van der Waals surface area (Å²) in [6, 6.07) is 18.1. The molecule has 1 aliphatic rings. The molecular weight excluding hydrogens is 284 g/mol. The Morgan fingerprint density at radius 1 is 1.13 bits per heavy atom. The Morgan fingerprint density at radius 3 is 2.52 bits per heavy atom. The van der Waals surface area contributed by atoms with E-state index in [9.17, 15) is 4.79 Å². The molecule has 3 heteroatoms. The molecule has 120 valence electrons. The monoisotopic (exact) mass is 308 g/mol. The van der Waals surface area contributed by atoms with Gasteiger partial charge in [0.25, 0.3) is 0 Å². The van der Waals surface area contributed by atoms with E-state index >= 15 is 0 Å². The van der Waals surface area contributed by atoms with Gasteiger partial charge in [-0.15, -0.1) is 0 Å². The molecule has 3 nitrogen and oxygen atoms in total. The molecule has 23 heavy (non-hydrogen) atoms. The molecule has 0 saturated carbocycles. The summed E-state index contributed by atoms with van der Waals surface area (Å²) < 4.78 is 0. The van der Waals surface area contributed by atoms with E-state index in [4.69, 9.17) is 5.73 Å². The summed E-state index contributed by atoms with van der Waals surface area (Å²) in [5, 5.41) is 0. The van der Waals surface area contributed by atoms with Crippen LogP contribution in [-0.4, -0.2) is 23.9 Å². The zero-order valence-electron chi connectivity index (χ0n) is 13.7. The molecule has 1 saturated heterocycles. The molecule has 1 fully saturated rings. The van der Waals surface area contributed by atoms with Crippen LogP contribution in [0.2, 0.25) is 0 Å². The first-order chi connectivity index (χ1) is 11.1. The minimum absolute atomic E-state index is 0.0519. The number of hydrogen-bond donors (Lipinski definition) is 1. The quantitative estimate of drug-likeness (QED) is 0.883. The van der Waals surface area contributed by atoms with Crippen molar-refractivity contribution in [2.24, 2.45) is 0 Å². The lowest BCUT2D eigenvalue weighted by molar-refractivity contribution is -0.132. The molecule has 1 atom stereocenters. The molecule has 0 radical (unpaired) electrons. The topological polar surface area (TPSA) is 46.3 Å². The van der Waals surface area contributed by atoms with E-state index in [1.54, 1.807) is 0 Å². The van der Waals surface area contributed by atoms with E-state index in [1.807, 2.05) is 35.2 Å². The third-order valence-corrected chi connectivity index (χ3v) is 4.85. The second-order valence-corrected chi connectivity index (χ2v) is 6.76. The summed E-state index contributed by atoms with van der Waals surface area (Å²) in [4.78, 5) is 14.7. The summed E-state index contributed by atoms with van der Waals surface area (Å²) in [5.74, 6) is 0.205. The summed E-state index contributed by atoms with van der Waals surface area (Å²) >= 11 is 0. The van der Waals surface area contributed by atoms with Gasteiger partial charge >= 0.3 is 0 Å². The van der Waals surface area contributed by atoms with E-state index in [2.05, 4.69) is 31.2 Å². The van der Waals surface area contributed by atoms with Crippen LogP contribution in [0.1, 0.15) is 30.9 Å². The average molecular weight is 308 g/mol. The van der Waals surface area contributed by atoms with E-state index in [0.29, 0.717) is 6.42 Å². The van der Waals surface area contributed by atoms with Crippen molar-refractivity contribution < 1.29 is 4.79 Å². The highest BCUT2D eigenvalue weighted by Crippen LogP contribution is 2.33. The molecule has 3 rings (SSSR count). The van der Waals surface area contributed by atoms with Crippen LogP contribution in [0.25, 0.3) is 0 Å². The highest BCUT2D eigenvalue weighted by molar-refractivity contribution is 5.79. The van der Waals surface area contributed by atoms with Crippen LogP contribution in [0.4, 0.5) is 5.69 Å². The third-order valence-electron chi connectivity index (χ3n) is 4.85. The van der Waals surface area contributed by atoms with Crippen molar-refractivity contribution in [1.29, 1.82) is 0 Å². The van der Waals surface area contributed by atoms with E-state index in [0.717, 1.165) is 37.2 Å². The smallest absolute Gasteiger partial charge is 0.227 e. The molecule has 1 unspecified atom stereocenters. The lowest BCUT2D eigenvalue weighted by Crippen LogP contribution is -2.47. The molecule has 2 aromatic carbocycles. The van der Waals surface area contributed by atoms with Crippen LogP contribution in [0.3, 0.4) is 0 Å². The van der Waals surface area contributed by atoms with Gasteiger partial charge in [-0.3, -0.25) is 4.79 Å². The number of nitrogens with zero attached hydrogens (tertiary/aromatic N) is 1. The maximum Gasteiger partial charge on any atom is 0.227 e. The van der Waals surface area contributed by atoms with Gasteiger partial charge in [0.2, 0.25) is 5.91 Å². The van der Waals surface area contributed by atoms with Gasteiger partial charge in [-0.05, 0) is 36.1 Å². The Labute approximate surface area is 138 Å². The Hall–Kier alpha value is -2.29. The van der Waals surface area contributed by atoms with Gasteiger partial charge in [-0.25, -0.2) is 0 Å². The molecule has 0 aromatic heterocycles. The Balaban J connectivity index is 1.70. The number of rotatable bonds is 3. The van der Waals surface area contributed by atoms with Crippen molar-refractivity contribution in [2.75, 3.05) is 18.8 Å². The van der Waals surface area contributed by atoms with Gasteiger partial charge < -0.3 is 10.6 Å². The van der Waals surface area contributed by atoms with Gasteiger partial charge in [0.1, 0.15) is 0 Å². The molecule has 1 heterocycles. The van der Waals surface area contributed by atoms with Crippen LogP contribution < -0.4 is 5.73 Å². The number of hydrogen-bond acceptors (Lipinski definition) is 2. The second-order valence-electron chi connectivity index (χ2n) is 6.76. The number of nitrogen functional groups attached to an aromatic ring is 1. The number of likely N-dealkylation sites (tertiary alicyclic amines) is 1. The summed E-state index contributed by atoms with van der Waals surface area (Å²) in [6.45, 7) is 3.92. The predicted octanol–water partition coefficient (Wildman–Crippen LogP) is 3.39. The maximum absolute atomic E-state index is 12.7. The third kappa shape index (κ3) is 3.55. The lowest BCUT2D eigenvalue weighted by Gasteiger charge is -2.41. The zero-order chi connectivity index (χ0) is 16.3. The zero-order valence-corrected chi connectivity index (χ0v) is 13.7. The summed E-state index contributed by atoms with van der Waals surface area (Å²) in [6.07, 6.45) is 2.63. The van der Waals surface area contributed by atoms with Crippen LogP contribution in [-0.2, 0) is 16.6 Å². The Morgan fingerprint density at radius 2 is 1.83 bits per heavy atom. The normalized spacial score (nSPS) is 21.2. The first-order valence-corrected chi connectivity index (χ1v) is 8.25. The fraction of sp³-hybridized carbons (Fsp3) is 0.350. The SMILES string of the molecule is CC1(c2ccccc2)CCCN(C(=O)Cc2ccc(N)cc2)C1. The molecular formula is C20H24N2O. The number of amides is 1. The highest BCUT2D eigenvalue weighted by Gasteiger charge is 2.34. The fourth-order valence-corrected chi connectivity index (χ4v) is 3.45. The Bertz CT molecular complexity index is 666. The van der Waals surface area contributed by atoms with Gasteiger partial charge in [0, 0.05) is 24.2 Å². The predicted molar refractivity (Wildman–Crippen MR) is 94.2 cm³/mol. The first kappa shape index (κ1) is 15.6.